The number of benzene rings is 1. The van der Waals surface area contributed by atoms with E-state index >= 15 is 0 Å². The van der Waals surface area contributed by atoms with Gasteiger partial charge in [-0.3, -0.25) is 14.7 Å². The molecule has 0 aliphatic carbocycles. The first-order chi connectivity index (χ1) is 12.1. The third kappa shape index (κ3) is 2.81. The van der Waals surface area contributed by atoms with E-state index in [1.807, 2.05) is 34.9 Å². The van der Waals surface area contributed by atoms with Gasteiger partial charge in [0, 0.05) is 43.4 Å². The SMILES string of the molecule is Cc1[nH]ncc1C(=O)N1C[C@H](CCN2CCCC2=O)c2ccccc21. The lowest BCUT2D eigenvalue weighted by Crippen LogP contribution is -2.31. The molecule has 1 fully saturated rings. The Morgan fingerprint density at radius 2 is 2.20 bits per heavy atom. The van der Waals surface area contributed by atoms with Crippen LogP contribution in [0.3, 0.4) is 0 Å². The number of hydrogen-bond acceptors (Lipinski definition) is 3. The van der Waals surface area contributed by atoms with Gasteiger partial charge in [-0.25, -0.2) is 0 Å². The van der Waals surface area contributed by atoms with Crippen LogP contribution in [0.4, 0.5) is 5.69 Å². The lowest BCUT2D eigenvalue weighted by Gasteiger charge is -2.20. The summed E-state index contributed by atoms with van der Waals surface area (Å²) in [5.41, 5.74) is 3.58. The van der Waals surface area contributed by atoms with Crippen molar-refractivity contribution in [2.75, 3.05) is 24.5 Å². The minimum Gasteiger partial charge on any atom is -0.343 e. The van der Waals surface area contributed by atoms with Crippen molar-refractivity contribution in [3.8, 4) is 0 Å². The molecule has 4 rings (SSSR count). The molecule has 6 heteroatoms. The van der Waals surface area contributed by atoms with Crippen LogP contribution in [0, 0.1) is 6.92 Å². The summed E-state index contributed by atoms with van der Waals surface area (Å²) in [6, 6.07) is 8.09. The fraction of sp³-hybridized carbons (Fsp3) is 0.421. The van der Waals surface area contributed by atoms with Crippen molar-refractivity contribution in [3.05, 3.63) is 47.3 Å². The van der Waals surface area contributed by atoms with Crippen LogP contribution >= 0.6 is 0 Å². The number of aryl methyl sites for hydroxylation is 1. The van der Waals surface area contributed by atoms with Crippen LogP contribution in [-0.4, -0.2) is 46.5 Å². The molecule has 25 heavy (non-hydrogen) atoms. The van der Waals surface area contributed by atoms with Crippen molar-refractivity contribution in [3.63, 3.8) is 0 Å². The van der Waals surface area contributed by atoms with Crippen LogP contribution < -0.4 is 4.90 Å². The van der Waals surface area contributed by atoms with Gasteiger partial charge in [-0.05, 0) is 31.4 Å². The predicted molar refractivity (Wildman–Crippen MR) is 94.6 cm³/mol. The number of carbonyl (C=O) groups is 2. The summed E-state index contributed by atoms with van der Waals surface area (Å²) >= 11 is 0. The highest BCUT2D eigenvalue weighted by atomic mass is 16.2. The second kappa shape index (κ2) is 6.35. The van der Waals surface area contributed by atoms with Gasteiger partial charge in [0.25, 0.3) is 5.91 Å². The second-order valence-corrected chi connectivity index (χ2v) is 6.85. The van der Waals surface area contributed by atoms with E-state index in [-0.39, 0.29) is 17.7 Å². The maximum absolute atomic E-state index is 13.0. The molecule has 0 spiro atoms. The Hall–Kier alpha value is -2.63. The summed E-state index contributed by atoms with van der Waals surface area (Å²) in [4.78, 5) is 28.6. The topological polar surface area (TPSA) is 69.3 Å². The molecule has 2 aliphatic heterocycles. The lowest BCUT2D eigenvalue weighted by molar-refractivity contribution is -0.127. The predicted octanol–water partition coefficient (Wildman–Crippen LogP) is 2.47. The maximum atomic E-state index is 13.0. The van der Waals surface area contributed by atoms with E-state index in [1.165, 1.54) is 5.56 Å². The van der Waals surface area contributed by atoms with Crippen molar-refractivity contribution in [1.29, 1.82) is 0 Å². The maximum Gasteiger partial charge on any atom is 0.261 e. The number of nitrogens with zero attached hydrogens (tertiary/aromatic N) is 3. The van der Waals surface area contributed by atoms with Crippen LogP contribution in [0.15, 0.2) is 30.5 Å². The fourth-order valence-electron chi connectivity index (χ4n) is 3.90. The van der Waals surface area contributed by atoms with Crippen molar-refractivity contribution in [1.82, 2.24) is 15.1 Å². The van der Waals surface area contributed by atoms with Crippen LogP contribution in [0.1, 0.15) is 46.8 Å². The molecule has 2 aliphatic rings. The summed E-state index contributed by atoms with van der Waals surface area (Å²) in [7, 11) is 0. The number of amides is 2. The molecule has 0 radical (unpaired) electrons. The van der Waals surface area contributed by atoms with Crippen molar-refractivity contribution < 1.29 is 9.59 Å². The first kappa shape index (κ1) is 15.9. The van der Waals surface area contributed by atoms with Gasteiger partial charge in [-0.1, -0.05) is 18.2 Å². The van der Waals surface area contributed by atoms with Gasteiger partial charge in [0.05, 0.1) is 11.8 Å². The Morgan fingerprint density at radius 3 is 2.92 bits per heavy atom. The second-order valence-electron chi connectivity index (χ2n) is 6.85. The number of rotatable bonds is 4. The first-order valence-corrected chi connectivity index (χ1v) is 8.83. The quantitative estimate of drug-likeness (QED) is 0.931. The number of nitrogens with one attached hydrogen (secondary N) is 1. The van der Waals surface area contributed by atoms with E-state index in [4.69, 9.17) is 0 Å². The summed E-state index contributed by atoms with van der Waals surface area (Å²) in [6.45, 7) is 4.15. The van der Waals surface area contributed by atoms with Gasteiger partial charge < -0.3 is 9.80 Å². The molecule has 0 saturated carbocycles. The standard InChI is InChI=1S/C19H22N4O2/c1-13-16(11-20-21-13)19(25)23-12-14(15-5-2-3-6-17(15)23)8-10-22-9-4-7-18(22)24/h2-3,5-6,11,14H,4,7-10,12H2,1H3,(H,20,21)/t14-/m0/s1. The molecule has 3 heterocycles. The highest BCUT2D eigenvalue weighted by Crippen LogP contribution is 2.39. The van der Waals surface area contributed by atoms with Crippen molar-refractivity contribution in [2.45, 2.75) is 32.1 Å². The minimum atomic E-state index is -0.0153. The fourth-order valence-corrected chi connectivity index (χ4v) is 3.90. The Bertz CT molecular complexity index is 813. The Labute approximate surface area is 146 Å². The van der Waals surface area contributed by atoms with Gasteiger partial charge in [0.1, 0.15) is 0 Å². The zero-order valence-electron chi connectivity index (χ0n) is 14.4. The van der Waals surface area contributed by atoms with E-state index in [1.54, 1.807) is 6.20 Å². The normalized spacial score (nSPS) is 19.6. The molecule has 130 valence electrons. The molecule has 6 nitrogen and oxygen atoms in total. The van der Waals surface area contributed by atoms with Gasteiger partial charge in [-0.2, -0.15) is 5.10 Å². The van der Waals surface area contributed by atoms with Gasteiger partial charge >= 0.3 is 0 Å². The molecule has 2 aromatic rings. The van der Waals surface area contributed by atoms with E-state index in [0.29, 0.717) is 18.5 Å². The van der Waals surface area contributed by atoms with Crippen LogP contribution in [0.25, 0.3) is 0 Å². The summed E-state index contributed by atoms with van der Waals surface area (Å²) in [5, 5.41) is 6.80. The molecule has 0 unspecified atom stereocenters. The number of carbonyl (C=O) groups excluding carboxylic acids is 2. The molecule has 2 amide bonds. The van der Waals surface area contributed by atoms with Gasteiger partial charge in [0.2, 0.25) is 5.91 Å². The molecular formula is C19H22N4O2. The zero-order valence-corrected chi connectivity index (χ0v) is 14.4. The summed E-state index contributed by atoms with van der Waals surface area (Å²) in [5.74, 6) is 0.507. The van der Waals surface area contributed by atoms with Crippen LogP contribution in [0.2, 0.25) is 0 Å². The third-order valence-corrected chi connectivity index (χ3v) is 5.29. The molecule has 1 saturated heterocycles. The zero-order chi connectivity index (χ0) is 17.4. The molecular weight excluding hydrogens is 316 g/mol. The molecule has 0 bridgehead atoms. The first-order valence-electron chi connectivity index (χ1n) is 8.83. The van der Waals surface area contributed by atoms with Crippen molar-refractivity contribution >= 4 is 17.5 Å². The van der Waals surface area contributed by atoms with Crippen LogP contribution in [0.5, 0.6) is 0 Å². The number of para-hydroxylation sites is 1. The number of anilines is 1. The summed E-state index contributed by atoms with van der Waals surface area (Å²) in [6.07, 6.45) is 4.11. The number of aromatic amines is 1. The molecule has 1 atom stereocenters. The van der Waals surface area contributed by atoms with E-state index in [0.717, 1.165) is 37.3 Å². The highest BCUT2D eigenvalue weighted by molar-refractivity contribution is 6.08. The Morgan fingerprint density at radius 1 is 1.36 bits per heavy atom. The number of H-pyrrole nitrogens is 1. The van der Waals surface area contributed by atoms with E-state index in [9.17, 15) is 9.59 Å². The Balaban J connectivity index is 1.54. The summed E-state index contributed by atoms with van der Waals surface area (Å²) < 4.78 is 0. The van der Waals surface area contributed by atoms with Gasteiger partial charge in [-0.15, -0.1) is 0 Å². The number of likely N-dealkylation sites (tertiary alicyclic amines) is 1. The number of hydrogen-bond donors (Lipinski definition) is 1. The average molecular weight is 338 g/mol. The number of aromatic nitrogens is 2. The van der Waals surface area contributed by atoms with Gasteiger partial charge in [0.15, 0.2) is 0 Å². The van der Waals surface area contributed by atoms with E-state index in [2.05, 4.69) is 16.3 Å². The monoisotopic (exact) mass is 338 g/mol. The molecule has 1 aromatic carbocycles. The average Bonchev–Trinajstić information content (AvgIpc) is 3.31. The molecule has 1 aromatic heterocycles. The highest BCUT2D eigenvalue weighted by Gasteiger charge is 2.34. The Kier molecular flexibility index (Phi) is 4.03. The van der Waals surface area contributed by atoms with Crippen LogP contribution in [-0.2, 0) is 4.79 Å². The van der Waals surface area contributed by atoms with E-state index < -0.39 is 0 Å². The lowest BCUT2D eigenvalue weighted by atomic mass is 9.98. The third-order valence-electron chi connectivity index (χ3n) is 5.29. The molecule has 1 N–H and O–H groups in total. The van der Waals surface area contributed by atoms with Crippen molar-refractivity contribution in [2.24, 2.45) is 0 Å². The minimum absolute atomic E-state index is 0.0153. The number of fused-ring (bicyclic) bond motifs is 1. The smallest absolute Gasteiger partial charge is 0.261 e. The largest absolute Gasteiger partial charge is 0.343 e.